The molecule has 2 heteroatoms. The molecule has 0 aliphatic rings. The summed E-state index contributed by atoms with van der Waals surface area (Å²) in [4.78, 5) is 0. The molecule has 0 amide bonds. The maximum atomic E-state index is 9.83. The van der Waals surface area contributed by atoms with E-state index in [4.69, 9.17) is 0 Å². The van der Waals surface area contributed by atoms with Crippen molar-refractivity contribution in [2.45, 2.75) is 52.4 Å². The maximum absolute atomic E-state index is 9.83. The fourth-order valence-corrected chi connectivity index (χ4v) is 7.29. The Morgan fingerprint density at radius 1 is 0.296 bits per heavy atom. The summed E-state index contributed by atoms with van der Waals surface area (Å²) in [6, 6.07) is 60.7. The molecule has 7 rings (SSSR count). The van der Waals surface area contributed by atoms with Gasteiger partial charge in [0, 0.05) is 0 Å². The first kappa shape index (κ1) is 35.9. The highest BCUT2D eigenvalue weighted by Crippen LogP contribution is 2.35. The Hall–Kier alpha value is -6.48. The van der Waals surface area contributed by atoms with Crippen molar-refractivity contribution in [1.82, 2.24) is 0 Å². The van der Waals surface area contributed by atoms with Gasteiger partial charge >= 0.3 is 0 Å². The molecular formula is C52H44N2. The van der Waals surface area contributed by atoms with E-state index >= 15 is 0 Å². The molecule has 262 valence electrons. The molecule has 0 aliphatic carbocycles. The molecule has 0 radical (unpaired) electrons. The first-order valence-corrected chi connectivity index (χ1v) is 18.5. The fraction of sp³-hybridized carbons (Fsp3) is 0.154. The van der Waals surface area contributed by atoms with Crippen LogP contribution in [0.5, 0.6) is 0 Å². The van der Waals surface area contributed by atoms with Crippen LogP contribution in [0.25, 0.3) is 66.8 Å². The lowest BCUT2D eigenvalue weighted by molar-refractivity contribution is 0.588. The second-order valence-corrected chi connectivity index (χ2v) is 16.1. The van der Waals surface area contributed by atoms with Crippen molar-refractivity contribution in [2.24, 2.45) is 0 Å². The minimum absolute atomic E-state index is 0.0817. The van der Waals surface area contributed by atoms with Gasteiger partial charge in [0.15, 0.2) is 0 Å². The van der Waals surface area contributed by atoms with Gasteiger partial charge in [0.05, 0.1) is 23.3 Å². The Morgan fingerprint density at radius 3 is 0.759 bits per heavy atom. The van der Waals surface area contributed by atoms with E-state index in [-0.39, 0.29) is 10.8 Å². The molecule has 0 spiro atoms. The lowest BCUT2D eigenvalue weighted by atomic mass is 9.83. The predicted octanol–water partition coefficient (Wildman–Crippen LogP) is 14.0. The third-order valence-corrected chi connectivity index (χ3v) is 10.3. The standard InChI is InChI=1S/C52H44N2/c1-51(2,3)49-26-24-45(31-47(49)33-53)37-20-16-35(17-21-37)39-10-7-12-41(28-39)43-14-9-15-44(30-43)42-13-8-11-40(29-42)36-18-22-38(23-19-36)46-25-27-50(52(4,5)6)48(32-46)34-54/h7-32H,1-6H3. The maximum Gasteiger partial charge on any atom is 0.0994 e. The summed E-state index contributed by atoms with van der Waals surface area (Å²) in [6.07, 6.45) is 0. The van der Waals surface area contributed by atoms with E-state index in [0.29, 0.717) is 0 Å². The topological polar surface area (TPSA) is 47.6 Å². The summed E-state index contributed by atoms with van der Waals surface area (Å²) in [6.45, 7) is 12.8. The van der Waals surface area contributed by atoms with E-state index in [0.717, 1.165) is 89.0 Å². The van der Waals surface area contributed by atoms with Crippen LogP contribution in [0.3, 0.4) is 0 Å². The molecule has 2 nitrogen and oxygen atoms in total. The van der Waals surface area contributed by atoms with Crippen LogP contribution in [-0.2, 0) is 10.8 Å². The smallest absolute Gasteiger partial charge is 0.0994 e. The molecule has 0 bridgehead atoms. The predicted molar refractivity (Wildman–Crippen MR) is 226 cm³/mol. The van der Waals surface area contributed by atoms with Gasteiger partial charge in [-0.1, -0.05) is 169 Å². The summed E-state index contributed by atoms with van der Waals surface area (Å²) in [5, 5.41) is 19.7. The van der Waals surface area contributed by atoms with Gasteiger partial charge in [-0.2, -0.15) is 10.5 Å². The van der Waals surface area contributed by atoms with Gasteiger partial charge in [-0.25, -0.2) is 0 Å². The molecule has 7 aromatic rings. The summed E-state index contributed by atoms with van der Waals surface area (Å²) < 4.78 is 0. The minimum Gasteiger partial charge on any atom is -0.192 e. The highest BCUT2D eigenvalue weighted by atomic mass is 14.3. The third-order valence-electron chi connectivity index (χ3n) is 10.3. The average molecular weight is 697 g/mol. The van der Waals surface area contributed by atoms with E-state index in [2.05, 4.69) is 199 Å². The van der Waals surface area contributed by atoms with E-state index < -0.39 is 0 Å². The quantitative estimate of drug-likeness (QED) is 0.174. The Morgan fingerprint density at radius 2 is 0.519 bits per heavy atom. The number of nitrogens with zero attached hydrogens (tertiary/aromatic N) is 2. The van der Waals surface area contributed by atoms with Crippen LogP contribution in [0.4, 0.5) is 0 Å². The van der Waals surface area contributed by atoms with Crippen LogP contribution in [0, 0.1) is 22.7 Å². The van der Waals surface area contributed by atoms with Crippen LogP contribution in [0.2, 0.25) is 0 Å². The molecule has 0 saturated carbocycles. The minimum atomic E-state index is -0.0817. The summed E-state index contributed by atoms with van der Waals surface area (Å²) in [5.41, 5.74) is 17.0. The van der Waals surface area contributed by atoms with E-state index in [9.17, 15) is 10.5 Å². The first-order chi connectivity index (χ1) is 25.9. The van der Waals surface area contributed by atoms with E-state index in [1.54, 1.807) is 0 Å². The number of hydrogen-bond acceptors (Lipinski definition) is 2. The molecule has 0 heterocycles. The largest absolute Gasteiger partial charge is 0.192 e. The van der Waals surface area contributed by atoms with Crippen LogP contribution in [0.1, 0.15) is 63.8 Å². The van der Waals surface area contributed by atoms with Crippen molar-refractivity contribution in [3.8, 4) is 78.9 Å². The van der Waals surface area contributed by atoms with Crippen LogP contribution >= 0.6 is 0 Å². The van der Waals surface area contributed by atoms with Gasteiger partial charge in [0.2, 0.25) is 0 Å². The number of benzene rings is 7. The second-order valence-electron chi connectivity index (χ2n) is 16.1. The van der Waals surface area contributed by atoms with Gasteiger partial charge in [0.1, 0.15) is 0 Å². The molecular weight excluding hydrogens is 653 g/mol. The Labute approximate surface area is 320 Å². The Balaban J connectivity index is 1.11. The molecule has 0 aromatic heterocycles. The lowest BCUT2D eigenvalue weighted by Crippen LogP contribution is -2.13. The number of nitriles is 2. The van der Waals surface area contributed by atoms with E-state index in [1.165, 1.54) is 0 Å². The van der Waals surface area contributed by atoms with Crippen molar-refractivity contribution < 1.29 is 0 Å². The molecule has 0 aliphatic heterocycles. The summed E-state index contributed by atoms with van der Waals surface area (Å²) in [5.74, 6) is 0. The summed E-state index contributed by atoms with van der Waals surface area (Å²) >= 11 is 0. The highest BCUT2D eigenvalue weighted by molar-refractivity contribution is 5.80. The molecule has 7 aromatic carbocycles. The molecule has 0 N–H and O–H groups in total. The van der Waals surface area contributed by atoms with E-state index in [1.807, 2.05) is 12.1 Å². The Bertz CT molecular complexity index is 2380. The fourth-order valence-electron chi connectivity index (χ4n) is 7.29. The summed E-state index contributed by atoms with van der Waals surface area (Å²) in [7, 11) is 0. The zero-order valence-electron chi connectivity index (χ0n) is 31.9. The van der Waals surface area contributed by atoms with Crippen molar-refractivity contribution in [3.63, 3.8) is 0 Å². The zero-order chi connectivity index (χ0) is 38.0. The molecule has 0 atom stereocenters. The number of rotatable bonds is 6. The van der Waals surface area contributed by atoms with Crippen LogP contribution in [-0.4, -0.2) is 0 Å². The van der Waals surface area contributed by atoms with Crippen molar-refractivity contribution >= 4 is 0 Å². The first-order valence-electron chi connectivity index (χ1n) is 18.5. The second kappa shape index (κ2) is 14.5. The normalized spacial score (nSPS) is 11.5. The van der Waals surface area contributed by atoms with Gasteiger partial charge in [0.25, 0.3) is 0 Å². The molecule has 54 heavy (non-hydrogen) atoms. The number of hydrogen-bond donors (Lipinski definition) is 0. The SMILES string of the molecule is CC(C)(C)c1ccc(-c2ccc(-c3cccc(-c4cccc(-c5cccc(-c6ccc(-c7ccc(C(C)(C)C)c(C#N)c7)cc6)c5)c4)c3)cc2)cc1C#N. The van der Waals surface area contributed by atoms with Crippen molar-refractivity contribution in [3.05, 3.63) is 180 Å². The molecule has 0 unspecified atom stereocenters. The third kappa shape index (κ3) is 7.52. The zero-order valence-corrected chi connectivity index (χ0v) is 31.9. The van der Waals surface area contributed by atoms with Crippen LogP contribution in [0.15, 0.2) is 158 Å². The Kier molecular flexibility index (Phi) is 9.64. The molecule has 0 saturated heterocycles. The average Bonchev–Trinajstić information content (AvgIpc) is 3.20. The van der Waals surface area contributed by atoms with Gasteiger partial charge < -0.3 is 0 Å². The molecule has 0 fully saturated rings. The van der Waals surface area contributed by atoms with Crippen LogP contribution < -0.4 is 0 Å². The van der Waals surface area contributed by atoms with Crippen molar-refractivity contribution in [2.75, 3.05) is 0 Å². The van der Waals surface area contributed by atoms with Gasteiger partial charge in [-0.05, 0) is 119 Å². The van der Waals surface area contributed by atoms with Gasteiger partial charge in [-0.3, -0.25) is 0 Å². The lowest BCUT2D eigenvalue weighted by Gasteiger charge is -2.21. The monoisotopic (exact) mass is 696 g/mol. The van der Waals surface area contributed by atoms with Gasteiger partial charge in [-0.15, -0.1) is 0 Å². The highest BCUT2D eigenvalue weighted by Gasteiger charge is 2.20. The van der Waals surface area contributed by atoms with Crippen molar-refractivity contribution in [1.29, 1.82) is 10.5 Å².